The Morgan fingerprint density at radius 3 is 2.52 bits per heavy atom. The van der Waals surface area contributed by atoms with Gasteiger partial charge >= 0.3 is 0 Å². The fourth-order valence-electron chi connectivity index (χ4n) is 3.17. The van der Waals surface area contributed by atoms with E-state index in [1.54, 1.807) is 28.1 Å². The normalized spacial score (nSPS) is 14.4. The van der Waals surface area contributed by atoms with Gasteiger partial charge in [0.15, 0.2) is 0 Å². The molecule has 1 aromatic carbocycles. The van der Waals surface area contributed by atoms with E-state index in [4.69, 9.17) is 9.84 Å². The zero-order valence-corrected chi connectivity index (χ0v) is 15.7. The van der Waals surface area contributed by atoms with Gasteiger partial charge in [0.1, 0.15) is 17.3 Å². The molecule has 1 saturated heterocycles. The molecule has 0 saturated carbocycles. The van der Waals surface area contributed by atoms with Crippen molar-refractivity contribution in [1.29, 1.82) is 5.26 Å². The van der Waals surface area contributed by atoms with Gasteiger partial charge in [0.25, 0.3) is 5.91 Å². The van der Waals surface area contributed by atoms with Gasteiger partial charge in [-0.3, -0.25) is 9.78 Å². The van der Waals surface area contributed by atoms with Crippen molar-refractivity contribution in [1.82, 2.24) is 19.7 Å². The zero-order chi connectivity index (χ0) is 20.1. The van der Waals surface area contributed by atoms with Gasteiger partial charge in [-0.25, -0.2) is 4.68 Å². The molecule has 4 rings (SSSR count). The molecule has 144 valence electrons. The van der Waals surface area contributed by atoms with Gasteiger partial charge in [-0.1, -0.05) is 18.2 Å². The summed E-state index contributed by atoms with van der Waals surface area (Å²) in [7, 11) is 0. The van der Waals surface area contributed by atoms with Crippen LogP contribution in [0.5, 0.6) is 0 Å². The standard InChI is InChI=1S/C22H19N5O2/c23-15-18(22(28)26-10-12-29-13-11-26)14-19-16-27(20-4-2-1-3-5-20)25-21(19)17-6-8-24-9-7-17/h1-9,14,16H,10-13H2. The largest absolute Gasteiger partial charge is 0.378 e. The van der Waals surface area contributed by atoms with E-state index in [2.05, 4.69) is 11.1 Å². The average molecular weight is 385 g/mol. The summed E-state index contributed by atoms with van der Waals surface area (Å²) >= 11 is 0. The summed E-state index contributed by atoms with van der Waals surface area (Å²) < 4.78 is 7.04. The first-order valence-corrected chi connectivity index (χ1v) is 9.30. The maximum Gasteiger partial charge on any atom is 0.264 e. The summed E-state index contributed by atoms with van der Waals surface area (Å²) in [6, 6.07) is 15.5. The number of benzene rings is 1. The Hall–Kier alpha value is -3.76. The predicted molar refractivity (Wildman–Crippen MR) is 108 cm³/mol. The molecule has 0 N–H and O–H groups in total. The number of para-hydroxylation sites is 1. The Labute approximate surface area is 168 Å². The second kappa shape index (κ2) is 8.50. The van der Waals surface area contributed by atoms with Crippen LogP contribution < -0.4 is 0 Å². The van der Waals surface area contributed by atoms with Gasteiger partial charge in [0.05, 0.1) is 18.9 Å². The number of aromatic nitrogens is 3. The Kier molecular flexibility index (Phi) is 5.45. The lowest BCUT2D eigenvalue weighted by molar-refractivity contribution is -0.130. The highest BCUT2D eigenvalue weighted by atomic mass is 16.5. The molecule has 0 radical (unpaired) electrons. The van der Waals surface area contributed by atoms with Crippen molar-refractivity contribution in [3.8, 4) is 23.0 Å². The molecule has 0 spiro atoms. The Morgan fingerprint density at radius 2 is 1.83 bits per heavy atom. The van der Waals surface area contributed by atoms with Crippen LogP contribution in [0.3, 0.4) is 0 Å². The third kappa shape index (κ3) is 4.08. The van der Waals surface area contributed by atoms with Crippen molar-refractivity contribution >= 4 is 12.0 Å². The minimum absolute atomic E-state index is 0.0785. The number of pyridine rings is 1. The molecule has 29 heavy (non-hydrogen) atoms. The predicted octanol–water partition coefficient (Wildman–Crippen LogP) is 2.70. The molecule has 2 aromatic heterocycles. The lowest BCUT2D eigenvalue weighted by Gasteiger charge is -2.26. The molecule has 7 heteroatoms. The van der Waals surface area contributed by atoms with Crippen LogP contribution in [0.15, 0.2) is 66.6 Å². The van der Waals surface area contributed by atoms with Gasteiger partial charge < -0.3 is 9.64 Å². The number of nitriles is 1. The number of carbonyl (C=O) groups is 1. The Bertz CT molecular complexity index is 1060. The van der Waals surface area contributed by atoms with E-state index >= 15 is 0 Å². The van der Waals surface area contributed by atoms with Gasteiger partial charge in [-0.15, -0.1) is 0 Å². The van der Waals surface area contributed by atoms with Crippen LogP contribution in [0.25, 0.3) is 23.0 Å². The van der Waals surface area contributed by atoms with Crippen LogP contribution >= 0.6 is 0 Å². The van der Waals surface area contributed by atoms with Crippen molar-refractivity contribution in [3.05, 3.63) is 72.2 Å². The summed E-state index contributed by atoms with van der Waals surface area (Å²) in [6.07, 6.45) is 6.82. The van der Waals surface area contributed by atoms with Crippen molar-refractivity contribution in [2.45, 2.75) is 0 Å². The van der Waals surface area contributed by atoms with Crippen molar-refractivity contribution < 1.29 is 9.53 Å². The first-order chi connectivity index (χ1) is 14.3. The van der Waals surface area contributed by atoms with E-state index in [9.17, 15) is 10.1 Å². The summed E-state index contributed by atoms with van der Waals surface area (Å²) in [5, 5.41) is 14.3. The van der Waals surface area contributed by atoms with Crippen LogP contribution in [0, 0.1) is 11.3 Å². The number of amides is 1. The maximum absolute atomic E-state index is 12.8. The molecular formula is C22H19N5O2. The second-order valence-electron chi connectivity index (χ2n) is 6.52. The maximum atomic E-state index is 12.8. The summed E-state index contributed by atoms with van der Waals surface area (Å²) in [5.74, 6) is -0.288. The highest BCUT2D eigenvalue weighted by Gasteiger charge is 2.22. The van der Waals surface area contributed by atoms with Crippen LogP contribution in [-0.2, 0) is 9.53 Å². The fraction of sp³-hybridized carbons (Fsp3) is 0.182. The van der Waals surface area contributed by atoms with E-state index in [1.807, 2.05) is 48.7 Å². The number of morpholine rings is 1. The third-order valence-corrected chi connectivity index (χ3v) is 4.67. The molecule has 3 heterocycles. The van der Waals surface area contributed by atoms with Crippen LogP contribution in [-0.4, -0.2) is 51.9 Å². The molecule has 1 aliphatic rings. The van der Waals surface area contributed by atoms with Gasteiger partial charge in [-0.2, -0.15) is 10.4 Å². The lowest BCUT2D eigenvalue weighted by Crippen LogP contribution is -2.41. The zero-order valence-electron chi connectivity index (χ0n) is 15.7. The number of rotatable bonds is 4. The van der Waals surface area contributed by atoms with Crippen LogP contribution in [0.1, 0.15) is 5.56 Å². The van der Waals surface area contributed by atoms with Gasteiger partial charge in [0.2, 0.25) is 0 Å². The Balaban J connectivity index is 1.76. The lowest BCUT2D eigenvalue weighted by atomic mass is 10.1. The monoisotopic (exact) mass is 385 g/mol. The molecule has 3 aromatic rings. The first kappa shape index (κ1) is 18.6. The average Bonchev–Trinajstić information content (AvgIpc) is 3.23. The van der Waals surface area contributed by atoms with E-state index in [0.29, 0.717) is 37.6 Å². The summed E-state index contributed by atoms with van der Waals surface area (Å²) in [6.45, 7) is 1.94. The van der Waals surface area contributed by atoms with Crippen LogP contribution in [0.4, 0.5) is 0 Å². The molecule has 0 aliphatic carbocycles. The molecule has 0 unspecified atom stereocenters. The number of hydrogen-bond donors (Lipinski definition) is 0. The fourth-order valence-corrected chi connectivity index (χ4v) is 3.17. The van der Waals surface area contributed by atoms with E-state index < -0.39 is 0 Å². The smallest absolute Gasteiger partial charge is 0.264 e. The van der Waals surface area contributed by atoms with Gasteiger partial charge in [0, 0.05) is 42.8 Å². The molecule has 1 amide bonds. The minimum Gasteiger partial charge on any atom is -0.378 e. The number of carbonyl (C=O) groups excluding carboxylic acids is 1. The highest BCUT2D eigenvalue weighted by molar-refractivity contribution is 6.02. The number of hydrogen-bond acceptors (Lipinski definition) is 5. The molecule has 0 atom stereocenters. The first-order valence-electron chi connectivity index (χ1n) is 9.30. The number of nitrogens with zero attached hydrogens (tertiary/aromatic N) is 5. The van der Waals surface area contributed by atoms with Crippen molar-refractivity contribution in [2.75, 3.05) is 26.3 Å². The SMILES string of the molecule is N#CC(=Cc1cn(-c2ccccc2)nc1-c1ccncc1)C(=O)N1CCOCC1. The van der Waals surface area contributed by atoms with Crippen molar-refractivity contribution in [3.63, 3.8) is 0 Å². The quantitative estimate of drug-likeness (QED) is 0.509. The molecule has 1 fully saturated rings. The summed E-state index contributed by atoms with van der Waals surface area (Å²) in [5.41, 5.74) is 3.20. The number of ether oxygens (including phenoxy) is 1. The summed E-state index contributed by atoms with van der Waals surface area (Å²) in [4.78, 5) is 18.5. The molecule has 1 aliphatic heterocycles. The molecular weight excluding hydrogens is 366 g/mol. The molecule has 7 nitrogen and oxygen atoms in total. The van der Waals surface area contributed by atoms with Gasteiger partial charge in [-0.05, 0) is 30.3 Å². The molecule has 0 bridgehead atoms. The highest BCUT2D eigenvalue weighted by Crippen LogP contribution is 2.25. The van der Waals surface area contributed by atoms with Crippen molar-refractivity contribution in [2.24, 2.45) is 0 Å². The third-order valence-electron chi connectivity index (χ3n) is 4.67. The van der Waals surface area contributed by atoms with E-state index in [1.165, 1.54) is 0 Å². The van der Waals surface area contributed by atoms with E-state index in [0.717, 1.165) is 11.3 Å². The topological polar surface area (TPSA) is 84.0 Å². The second-order valence-corrected chi connectivity index (χ2v) is 6.52. The van der Waals surface area contributed by atoms with E-state index in [-0.39, 0.29) is 11.5 Å². The Morgan fingerprint density at radius 1 is 1.10 bits per heavy atom. The minimum atomic E-state index is -0.288. The van der Waals surface area contributed by atoms with Crippen LogP contribution in [0.2, 0.25) is 0 Å².